The van der Waals surface area contributed by atoms with Crippen LogP contribution in [-0.2, 0) is 0 Å². The van der Waals surface area contributed by atoms with Crippen LogP contribution in [0.3, 0.4) is 0 Å². The van der Waals surface area contributed by atoms with Gasteiger partial charge in [-0.3, -0.25) is 0 Å². The Hall–Kier alpha value is -0.0800. The van der Waals surface area contributed by atoms with Crippen LogP contribution in [0.1, 0.15) is 26.7 Å². The molecule has 2 nitrogen and oxygen atoms in total. The van der Waals surface area contributed by atoms with Crippen molar-refractivity contribution >= 4 is 0 Å². The number of hydrogen-bond acceptors (Lipinski definition) is 2. The number of nitrogens with one attached hydrogen (secondary N) is 1. The second kappa shape index (κ2) is 4.24. The summed E-state index contributed by atoms with van der Waals surface area (Å²) in [5.74, 6) is 0.733. The molecule has 0 saturated heterocycles. The van der Waals surface area contributed by atoms with E-state index in [4.69, 9.17) is 0 Å². The molecular weight excluding hydrogens is 148 g/mol. The maximum atomic E-state index is 3.37. The van der Waals surface area contributed by atoms with Crippen molar-refractivity contribution in [3.63, 3.8) is 0 Å². The molecule has 0 aromatic carbocycles. The SMILES string of the molecule is CNC(CN(C)C1CC1)C(C)C. The van der Waals surface area contributed by atoms with Crippen molar-refractivity contribution in [2.24, 2.45) is 5.92 Å². The first-order chi connectivity index (χ1) is 5.65. The van der Waals surface area contributed by atoms with E-state index in [0.29, 0.717) is 6.04 Å². The molecule has 1 N–H and O–H groups in total. The van der Waals surface area contributed by atoms with Crippen LogP contribution in [0, 0.1) is 5.92 Å². The van der Waals surface area contributed by atoms with Crippen molar-refractivity contribution in [2.75, 3.05) is 20.6 Å². The predicted octanol–water partition coefficient (Wildman–Crippen LogP) is 1.32. The molecular formula is C10H22N2. The van der Waals surface area contributed by atoms with Crippen molar-refractivity contribution in [1.29, 1.82) is 0 Å². The first-order valence-electron chi connectivity index (χ1n) is 5.02. The van der Waals surface area contributed by atoms with Gasteiger partial charge in [-0.25, -0.2) is 0 Å². The van der Waals surface area contributed by atoms with Gasteiger partial charge in [-0.15, -0.1) is 0 Å². The molecule has 72 valence electrons. The average Bonchev–Trinajstić information content (AvgIpc) is 2.80. The zero-order valence-electron chi connectivity index (χ0n) is 8.80. The third-order valence-electron chi connectivity index (χ3n) is 2.83. The van der Waals surface area contributed by atoms with Gasteiger partial charge in [0.2, 0.25) is 0 Å². The Balaban J connectivity index is 2.25. The zero-order chi connectivity index (χ0) is 9.14. The maximum absolute atomic E-state index is 3.37. The van der Waals surface area contributed by atoms with Gasteiger partial charge < -0.3 is 10.2 Å². The quantitative estimate of drug-likeness (QED) is 0.669. The number of nitrogens with zero attached hydrogens (tertiary/aromatic N) is 1. The minimum atomic E-state index is 0.649. The molecule has 1 unspecified atom stereocenters. The Bertz CT molecular complexity index is 130. The summed E-state index contributed by atoms with van der Waals surface area (Å²) in [6, 6.07) is 1.54. The summed E-state index contributed by atoms with van der Waals surface area (Å²) in [5.41, 5.74) is 0. The van der Waals surface area contributed by atoms with Gasteiger partial charge in [-0.2, -0.15) is 0 Å². The van der Waals surface area contributed by atoms with Gasteiger partial charge in [0.25, 0.3) is 0 Å². The summed E-state index contributed by atoms with van der Waals surface area (Å²) in [7, 11) is 4.30. The van der Waals surface area contributed by atoms with E-state index in [-0.39, 0.29) is 0 Å². The summed E-state index contributed by atoms with van der Waals surface area (Å²) < 4.78 is 0. The molecule has 1 aliphatic carbocycles. The Morgan fingerprint density at radius 1 is 1.42 bits per heavy atom. The lowest BCUT2D eigenvalue weighted by Gasteiger charge is -2.26. The maximum Gasteiger partial charge on any atom is 0.0214 e. The lowest BCUT2D eigenvalue weighted by atomic mass is 10.0. The van der Waals surface area contributed by atoms with E-state index in [1.54, 1.807) is 0 Å². The average molecular weight is 170 g/mol. The van der Waals surface area contributed by atoms with Crippen LogP contribution in [0.4, 0.5) is 0 Å². The number of likely N-dealkylation sites (N-methyl/N-ethyl adjacent to an activating group) is 2. The highest BCUT2D eigenvalue weighted by atomic mass is 15.2. The summed E-state index contributed by atoms with van der Waals surface area (Å²) in [5, 5.41) is 3.37. The molecule has 1 fully saturated rings. The Labute approximate surface area is 76.3 Å². The lowest BCUT2D eigenvalue weighted by molar-refractivity contribution is 0.255. The molecule has 2 heteroatoms. The van der Waals surface area contributed by atoms with Crippen LogP contribution in [0.2, 0.25) is 0 Å². The molecule has 0 amide bonds. The second-order valence-corrected chi connectivity index (χ2v) is 4.31. The van der Waals surface area contributed by atoms with Crippen molar-refractivity contribution in [3.05, 3.63) is 0 Å². The van der Waals surface area contributed by atoms with Crippen LogP contribution in [-0.4, -0.2) is 37.6 Å². The molecule has 0 aromatic heterocycles. The van der Waals surface area contributed by atoms with Gasteiger partial charge in [-0.05, 0) is 32.9 Å². The minimum Gasteiger partial charge on any atom is -0.315 e. The fourth-order valence-electron chi connectivity index (χ4n) is 1.61. The fraction of sp³-hybridized carbons (Fsp3) is 1.00. The van der Waals surface area contributed by atoms with Crippen molar-refractivity contribution in [1.82, 2.24) is 10.2 Å². The van der Waals surface area contributed by atoms with Crippen LogP contribution in [0.15, 0.2) is 0 Å². The Morgan fingerprint density at radius 2 is 2.00 bits per heavy atom. The fourth-order valence-corrected chi connectivity index (χ4v) is 1.61. The Kier molecular flexibility index (Phi) is 3.53. The summed E-state index contributed by atoms with van der Waals surface area (Å²) >= 11 is 0. The van der Waals surface area contributed by atoms with Crippen LogP contribution in [0.5, 0.6) is 0 Å². The highest BCUT2D eigenvalue weighted by Gasteiger charge is 2.27. The summed E-state index contributed by atoms with van der Waals surface area (Å²) in [6.07, 6.45) is 2.82. The van der Waals surface area contributed by atoms with Gasteiger partial charge in [0, 0.05) is 18.6 Å². The molecule has 0 heterocycles. The number of hydrogen-bond donors (Lipinski definition) is 1. The van der Waals surface area contributed by atoms with Gasteiger partial charge in [-0.1, -0.05) is 13.8 Å². The van der Waals surface area contributed by atoms with Gasteiger partial charge in [0.05, 0.1) is 0 Å². The van der Waals surface area contributed by atoms with E-state index in [2.05, 4.69) is 38.2 Å². The van der Waals surface area contributed by atoms with E-state index < -0.39 is 0 Å². The molecule has 0 aliphatic heterocycles. The van der Waals surface area contributed by atoms with Crippen LogP contribution < -0.4 is 5.32 Å². The van der Waals surface area contributed by atoms with E-state index in [9.17, 15) is 0 Å². The zero-order valence-corrected chi connectivity index (χ0v) is 8.80. The molecule has 0 radical (unpaired) electrons. The smallest absolute Gasteiger partial charge is 0.0214 e. The van der Waals surface area contributed by atoms with Crippen molar-refractivity contribution < 1.29 is 0 Å². The van der Waals surface area contributed by atoms with Crippen LogP contribution in [0.25, 0.3) is 0 Å². The van der Waals surface area contributed by atoms with Crippen LogP contribution >= 0.6 is 0 Å². The van der Waals surface area contributed by atoms with E-state index in [0.717, 1.165) is 12.0 Å². The van der Waals surface area contributed by atoms with E-state index >= 15 is 0 Å². The molecule has 12 heavy (non-hydrogen) atoms. The normalized spacial score (nSPS) is 20.5. The second-order valence-electron chi connectivity index (χ2n) is 4.31. The molecule has 1 aliphatic rings. The monoisotopic (exact) mass is 170 g/mol. The molecule has 1 atom stereocenters. The van der Waals surface area contributed by atoms with Gasteiger partial charge in [0.15, 0.2) is 0 Å². The Morgan fingerprint density at radius 3 is 2.33 bits per heavy atom. The predicted molar refractivity (Wildman–Crippen MR) is 53.3 cm³/mol. The highest BCUT2D eigenvalue weighted by molar-refractivity contribution is 4.85. The van der Waals surface area contributed by atoms with Crippen molar-refractivity contribution in [2.45, 2.75) is 38.8 Å². The third kappa shape index (κ3) is 2.76. The first kappa shape index (κ1) is 10.0. The van der Waals surface area contributed by atoms with E-state index in [1.807, 2.05) is 0 Å². The van der Waals surface area contributed by atoms with Gasteiger partial charge >= 0.3 is 0 Å². The third-order valence-corrected chi connectivity index (χ3v) is 2.83. The number of rotatable bonds is 5. The largest absolute Gasteiger partial charge is 0.315 e. The summed E-state index contributed by atoms with van der Waals surface area (Å²) in [6.45, 7) is 5.75. The minimum absolute atomic E-state index is 0.649. The molecule has 0 bridgehead atoms. The van der Waals surface area contributed by atoms with E-state index in [1.165, 1.54) is 19.4 Å². The summed E-state index contributed by atoms with van der Waals surface area (Å²) in [4.78, 5) is 2.49. The topological polar surface area (TPSA) is 15.3 Å². The van der Waals surface area contributed by atoms with Crippen molar-refractivity contribution in [3.8, 4) is 0 Å². The highest BCUT2D eigenvalue weighted by Crippen LogP contribution is 2.25. The first-order valence-corrected chi connectivity index (χ1v) is 5.02. The molecule has 0 aromatic rings. The van der Waals surface area contributed by atoms with Gasteiger partial charge in [0.1, 0.15) is 0 Å². The molecule has 0 spiro atoms. The molecule has 1 rings (SSSR count). The molecule has 1 saturated carbocycles. The lowest BCUT2D eigenvalue weighted by Crippen LogP contribution is -2.41. The standard InChI is InChI=1S/C10H22N2/c1-8(2)10(11-3)7-12(4)9-5-6-9/h8-11H,5-7H2,1-4H3.